The van der Waals surface area contributed by atoms with Gasteiger partial charge in [-0.3, -0.25) is 14.5 Å². The van der Waals surface area contributed by atoms with Crippen LogP contribution in [0, 0.1) is 0 Å². The van der Waals surface area contributed by atoms with Gasteiger partial charge in [0, 0.05) is 37.8 Å². The maximum absolute atomic E-state index is 13.1. The molecular formula is C23H24Cl2N3O4+. The van der Waals surface area contributed by atoms with E-state index in [4.69, 9.17) is 27.9 Å². The van der Waals surface area contributed by atoms with Gasteiger partial charge in [-0.15, -0.1) is 0 Å². The van der Waals surface area contributed by atoms with Crippen molar-refractivity contribution in [3.63, 3.8) is 0 Å². The molecule has 9 heteroatoms. The van der Waals surface area contributed by atoms with Crippen molar-refractivity contribution in [2.45, 2.75) is 13.0 Å². The number of halogens is 2. The normalized spacial score (nSPS) is 14.6. The Balaban J connectivity index is 1.72. The van der Waals surface area contributed by atoms with E-state index in [1.165, 1.54) is 0 Å². The highest BCUT2D eigenvalue weighted by Gasteiger charge is 2.19. The summed E-state index contributed by atoms with van der Waals surface area (Å²) in [6, 6.07) is 11.1. The average Bonchev–Trinajstić information content (AvgIpc) is 2.82. The third-order valence-electron chi connectivity index (χ3n) is 5.68. The van der Waals surface area contributed by atoms with Crippen molar-refractivity contribution in [1.29, 1.82) is 0 Å². The summed E-state index contributed by atoms with van der Waals surface area (Å²) in [5.41, 5.74) is 2.09. The van der Waals surface area contributed by atoms with Crippen molar-refractivity contribution in [3.8, 4) is 0 Å². The van der Waals surface area contributed by atoms with Gasteiger partial charge < -0.3 is 9.30 Å². The summed E-state index contributed by atoms with van der Waals surface area (Å²) in [6.45, 7) is 4.53. The molecule has 3 N–H and O–H groups in total. The minimum Gasteiger partial charge on any atom is -0.379 e. The highest BCUT2D eigenvalue weighted by Crippen LogP contribution is 2.28. The molecular weight excluding hydrogens is 453 g/mol. The smallest absolute Gasteiger partial charge is 0.379 e. The lowest BCUT2D eigenvalue weighted by molar-refractivity contribution is -0.653. The molecule has 0 amide bonds. The quantitative estimate of drug-likeness (QED) is 0.552. The van der Waals surface area contributed by atoms with Crippen molar-refractivity contribution in [2.75, 3.05) is 32.8 Å². The Bertz CT molecular complexity index is 1210. The van der Waals surface area contributed by atoms with Gasteiger partial charge in [-0.25, -0.2) is 4.79 Å². The van der Waals surface area contributed by atoms with Crippen LogP contribution in [0.25, 0.3) is 10.9 Å². The van der Waals surface area contributed by atoms with Crippen LogP contribution < -0.4 is 11.3 Å². The molecule has 7 nitrogen and oxygen atoms in total. The van der Waals surface area contributed by atoms with E-state index in [0.29, 0.717) is 41.6 Å². The first-order valence-electron chi connectivity index (χ1n) is 10.3. The summed E-state index contributed by atoms with van der Waals surface area (Å²) in [5, 5.41) is 1.42. The number of pyridine rings is 1. The molecule has 1 aliphatic heterocycles. The molecule has 0 bridgehead atoms. The standard InChI is InChI=1S/C23H24Cl2N3O4/c24-19-3-1-2-16(21(19)25)12-15-4-5-20-17(13-15)22(29)18(23(30)32-26)14-28(20)7-6-27-8-10-31-11-9-27/h1-5,13-14H,6-12H2,26H3/q+1. The number of benzene rings is 2. The van der Waals surface area contributed by atoms with Crippen LogP contribution in [0.2, 0.25) is 10.0 Å². The third kappa shape index (κ3) is 4.82. The van der Waals surface area contributed by atoms with Gasteiger partial charge in [-0.05, 0) is 35.7 Å². The number of hydrogen-bond acceptors (Lipinski definition) is 5. The molecule has 3 aromatic rings. The number of carbonyl (C=O) groups excluding carboxylic acids is 1. The summed E-state index contributed by atoms with van der Waals surface area (Å²) in [4.78, 5) is 32.2. The van der Waals surface area contributed by atoms with E-state index in [1.54, 1.807) is 18.3 Å². The van der Waals surface area contributed by atoms with E-state index >= 15 is 0 Å². The first kappa shape index (κ1) is 22.8. The minimum atomic E-state index is -0.750. The van der Waals surface area contributed by atoms with Crippen LogP contribution in [0.1, 0.15) is 21.5 Å². The lowest BCUT2D eigenvalue weighted by atomic mass is 10.0. The minimum absolute atomic E-state index is 0.0348. The van der Waals surface area contributed by atoms with Gasteiger partial charge in [0.2, 0.25) is 5.43 Å². The second-order valence-electron chi connectivity index (χ2n) is 7.69. The van der Waals surface area contributed by atoms with Crippen LogP contribution in [0.3, 0.4) is 0 Å². The highest BCUT2D eigenvalue weighted by atomic mass is 35.5. The summed E-state index contributed by atoms with van der Waals surface area (Å²) < 4.78 is 7.33. The predicted molar refractivity (Wildman–Crippen MR) is 123 cm³/mol. The molecule has 0 unspecified atom stereocenters. The van der Waals surface area contributed by atoms with E-state index < -0.39 is 5.97 Å². The Kier molecular flexibility index (Phi) is 7.13. The number of rotatable bonds is 6. The number of ether oxygens (including phenoxy) is 1. The molecule has 1 fully saturated rings. The lowest BCUT2D eigenvalue weighted by Gasteiger charge is -2.27. The van der Waals surface area contributed by atoms with Crippen LogP contribution in [0.4, 0.5) is 0 Å². The van der Waals surface area contributed by atoms with Gasteiger partial charge in [-0.1, -0.05) is 41.4 Å². The third-order valence-corrected chi connectivity index (χ3v) is 6.54. The van der Waals surface area contributed by atoms with Crippen molar-refractivity contribution in [3.05, 3.63) is 79.6 Å². The summed E-state index contributed by atoms with van der Waals surface area (Å²) in [6.07, 6.45) is 2.07. The van der Waals surface area contributed by atoms with Crippen molar-refractivity contribution >= 4 is 40.1 Å². The summed E-state index contributed by atoms with van der Waals surface area (Å²) >= 11 is 12.5. The maximum atomic E-state index is 13.1. The highest BCUT2D eigenvalue weighted by molar-refractivity contribution is 6.42. The second-order valence-corrected chi connectivity index (χ2v) is 8.48. The van der Waals surface area contributed by atoms with Gasteiger partial charge in [0.05, 0.1) is 28.8 Å². The van der Waals surface area contributed by atoms with Gasteiger partial charge in [0.15, 0.2) is 0 Å². The zero-order chi connectivity index (χ0) is 22.7. The van der Waals surface area contributed by atoms with Gasteiger partial charge in [0.25, 0.3) is 0 Å². The number of aromatic nitrogens is 1. The Morgan fingerprint density at radius 2 is 1.91 bits per heavy atom. The molecule has 2 heterocycles. The SMILES string of the molecule is [NH3+]OC(=O)c1cn(CCN2CCOCC2)c2ccc(Cc3cccc(Cl)c3Cl)cc2c1=O. The number of nitrogens with zero attached hydrogens (tertiary/aromatic N) is 2. The van der Waals surface area contributed by atoms with Gasteiger partial charge in [-0.2, -0.15) is 5.90 Å². The molecule has 0 aliphatic carbocycles. The van der Waals surface area contributed by atoms with Crippen LogP contribution in [0.15, 0.2) is 47.4 Å². The molecule has 168 valence electrons. The molecule has 0 spiro atoms. The molecule has 32 heavy (non-hydrogen) atoms. The first-order valence-corrected chi connectivity index (χ1v) is 11.1. The molecule has 4 rings (SSSR count). The van der Waals surface area contributed by atoms with E-state index in [2.05, 4.69) is 15.6 Å². The van der Waals surface area contributed by atoms with Crippen LogP contribution in [0.5, 0.6) is 0 Å². The molecule has 0 radical (unpaired) electrons. The second kappa shape index (κ2) is 10.0. The lowest BCUT2D eigenvalue weighted by Crippen LogP contribution is -2.51. The fraction of sp³-hybridized carbons (Fsp3) is 0.304. The van der Waals surface area contributed by atoms with E-state index in [1.807, 2.05) is 28.8 Å². The van der Waals surface area contributed by atoms with Gasteiger partial charge >= 0.3 is 5.97 Å². The Morgan fingerprint density at radius 1 is 1.12 bits per heavy atom. The maximum Gasteiger partial charge on any atom is 0.402 e. The molecule has 0 saturated carbocycles. The van der Waals surface area contributed by atoms with Crippen LogP contribution in [-0.2, 0) is 22.5 Å². The number of morpholine rings is 1. The monoisotopic (exact) mass is 476 g/mol. The van der Waals surface area contributed by atoms with Crippen molar-refractivity contribution in [2.24, 2.45) is 0 Å². The van der Waals surface area contributed by atoms with Gasteiger partial charge in [0.1, 0.15) is 5.56 Å². The molecule has 0 atom stereocenters. The number of hydrogen-bond donors (Lipinski definition) is 1. The van der Waals surface area contributed by atoms with Crippen molar-refractivity contribution in [1.82, 2.24) is 9.47 Å². The Morgan fingerprint density at radius 3 is 2.66 bits per heavy atom. The summed E-state index contributed by atoms with van der Waals surface area (Å²) in [5.74, 6) is 2.43. The fourth-order valence-electron chi connectivity index (χ4n) is 3.94. The number of carbonyl (C=O) groups is 1. The zero-order valence-corrected chi connectivity index (χ0v) is 19.0. The number of quaternary nitrogens is 1. The first-order chi connectivity index (χ1) is 15.5. The topological polar surface area (TPSA) is 88.4 Å². The van der Waals surface area contributed by atoms with E-state index in [0.717, 1.165) is 36.3 Å². The Hall–Kier alpha value is -2.42. The molecule has 2 aromatic carbocycles. The Labute approximate surface area is 195 Å². The van der Waals surface area contributed by atoms with E-state index in [-0.39, 0.29) is 11.0 Å². The molecule has 1 aromatic heterocycles. The number of fused-ring (bicyclic) bond motifs is 1. The fourth-order valence-corrected chi connectivity index (χ4v) is 4.33. The van der Waals surface area contributed by atoms with Crippen LogP contribution in [-0.4, -0.2) is 48.3 Å². The average molecular weight is 477 g/mol. The van der Waals surface area contributed by atoms with E-state index in [9.17, 15) is 9.59 Å². The molecule has 1 saturated heterocycles. The zero-order valence-electron chi connectivity index (χ0n) is 17.5. The summed E-state index contributed by atoms with van der Waals surface area (Å²) in [7, 11) is 0. The van der Waals surface area contributed by atoms with Crippen LogP contribution >= 0.6 is 23.2 Å². The largest absolute Gasteiger partial charge is 0.402 e. The predicted octanol–water partition coefficient (Wildman–Crippen LogP) is 2.55. The molecule has 1 aliphatic rings. The van der Waals surface area contributed by atoms with Crippen molar-refractivity contribution < 1.29 is 20.3 Å².